The zero-order valence-electron chi connectivity index (χ0n) is 12.0. The molecule has 0 aromatic heterocycles. The first-order valence-electron chi connectivity index (χ1n) is 5.90. The van der Waals surface area contributed by atoms with Crippen LogP contribution in [0.5, 0.6) is 0 Å². The van der Waals surface area contributed by atoms with Crippen molar-refractivity contribution in [3.05, 3.63) is 12.2 Å². The minimum atomic E-state index is -1.28. The van der Waals surface area contributed by atoms with E-state index in [9.17, 15) is 5.26 Å². The molecule has 1 unspecified atom stereocenters. The number of hydrogen-bond acceptors (Lipinski definition) is 2. The molecule has 4 heteroatoms. The monoisotopic (exact) mass is 260 g/mol. The normalized spacial score (nSPS) is 17.0. The number of rotatable bonds is 6. The largest absolute Gasteiger partial charge is 0.251 e. The molecular weight excluding hydrogens is 232 g/mol. The fourth-order valence-electron chi connectivity index (χ4n) is 2.06. The Bertz CT molecular complexity index is 251. The molecule has 16 heavy (non-hydrogen) atoms. The fourth-order valence-corrected chi connectivity index (χ4v) is 6.05. The van der Waals surface area contributed by atoms with Crippen molar-refractivity contribution in [3.8, 4) is 0 Å². The van der Waals surface area contributed by atoms with Gasteiger partial charge in [-0.2, -0.15) is 0 Å². The van der Waals surface area contributed by atoms with Crippen LogP contribution in [-0.2, 0) is 4.89 Å². The molecule has 0 heterocycles. The van der Waals surface area contributed by atoms with Crippen molar-refractivity contribution in [1.82, 2.24) is 0 Å². The molecule has 0 bridgehead atoms. The molecule has 0 aliphatic heterocycles. The molecule has 0 saturated carbocycles. The van der Waals surface area contributed by atoms with Crippen molar-refractivity contribution in [2.45, 2.75) is 63.9 Å². The van der Waals surface area contributed by atoms with E-state index in [0.29, 0.717) is 0 Å². The Morgan fingerprint density at radius 3 is 1.81 bits per heavy atom. The van der Waals surface area contributed by atoms with Crippen LogP contribution in [-0.4, -0.2) is 27.0 Å². The maximum atomic E-state index is 9.19. The third-order valence-corrected chi connectivity index (χ3v) is 5.78. The maximum Gasteiger partial charge on any atom is 0.119 e. The first-order valence-corrected chi connectivity index (χ1v) is 13.3. The molecule has 0 amide bonds. The molecule has 0 aliphatic rings. The molecule has 0 fully saturated rings. The van der Waals surface area contributed by atoms with Gasteiger partial charge in [0.15, 0.2) is 0 Å². The summed E-state index contributed by atoms with van der Waals surface area (Å²) in [7, 11) is -2.48. The van der Waals surface area contributed by atoms with Crippen molar-refractivity contribution in [1.29, 1.82) is 0 Å². The maximum absolute atomic E-state index is 9.19. The lowest BCUT2D eigenvalue weighted by Crippen LogP contribution is -2.40. The lowest BCUT2D eigenvalue weighted by atomic mass is 10.0. The smallest absolute Gasteiger partial charge is 0.119 e. The van der Waals surface area contributed by atoms with E-state index >= 15 is 0 Å². The van der Waals surface area contributed by atoms with Gasteiger partial charge in [-0.1, -0.05) is 45.9 Å². The van der Waals surface area contributed by atoms with Crippen molar-refractivity contribution in [3.63, 3.8) is 0 Å². The summed E-state index contributed by atoms with van der Waals surface area (Å²) in [5.41, 5.74) is 0.502. The van der Waals surface area contributed by atoms with Crippen LogP contribution < -0.4 is 0 Å². The Kier molecular flexibility index (Phi) is 5.19. The van der Waals surface area contributed by atoms with Gasteiger partial charge in [-0.05, 0) is 24.6 Å². The van der Waals surface area contributed by atoms with Gasteiger partial charge in [0.05, 0.1) is 0 Å². The Morgan fingerprint density at radius 2 is 1.56 bits per heavy atom. The molecule has 0 aromatic rings. The minimum absolute atomic E-state index is 0.551. The molecule has 1 atom stereocenters. The fraction of sp³-hybridized carbons (Fsp3) is 0.833. The molecule has 1 N–H and O–H groups in total. The Balaban J connectivity index is 4.77. The van der Waals surface area contributed by atoms with Gasteiger partial charge in [0.25, 0.3) is 0 Å². The molecule has 0 aromatic carbocycles. The zero-order chi connectivity index (χ0) is 13.2. The van der Waals surface area contributed by atoms with Crippen molar-refractivity contribution in [2.75, 3.05) is 0 Å². The van der Waals surface area contributed by atoms with Crippen LogP contribution in [0.2, 0.25) is 51.4 Å². The van der Waals surface area contributed by atoms with Gasteiger partial charge in [0.1, 0.15) is 5.60 Å². The van der Waals surface area contributed by atoms with Crippen molar-refractivity contribution >= 4 is 16.1 Å². The molecule has 2 nitrogen and oxygen atoms in total. The van der Waals surface area contributed by atoms with Gasteiger partial charge < -0.3 is 0 Å². The Labute approximate surface area is 103 Å². The van der Waals surface area contributed by atoms with E-state index in [1.165, 1.54) is 0 Å². The minimum Gasteiger partial charge on any atom is -0.251 e. The predicted molar refractivity (Wildman–Crippen MR) is 77.6 cm³/mol. The quantitative estimate of drug-likeness (QED) is 0.330. The summed E-state index contributed by atoms with van der Waals surface area (Å²) in [5.74, 6) is 0. The van der Waals surface area contributed by atoms with E-state index in [4.69, 9.17) is 4.89 Å². The van der Waals surface area contributed by atoms with Gasteiger partial charge in [0, 0.05) is 16.1 Å². The molecule has 0 spiro atoms. The lowest BCUT2D eigenvalue weighted by molar-refractivity contribution is -0.300. The average Bonchev–Trinajstić information content (AvgIpc) is 1.97. The summed E-state index contributed by atoms with van der Waals surface area (Å²) in [5, 5.41) is 9.19. The second kappa shape index (κ2) is 5.16. The highest BCUT2D eigenvalue weighted by molar-refractivity contribution is 6.77. The highest BCUT2D eigenvalue weighted by Crippen LogP contribution is 2.34. The van der Waals surface area contributed by atoms with E-state index < -0.39 is 21.7 Å². The van der Waals surface area contributed by atoms with E-state index in [1.54, 1.807) is 0 Å². The van der Waals surface area contributed by atoms with Gasteiger partial charge in [-0.15, -0.1) is 0 Å². The van der Waals surface area contributed by atoms with Gasteiger partial charge >= 0.3 is 0 Å². The van der Waals surface area contributed by atoms with Crippen LogP contribution in [0.4, 0.5) is 0 Å². The molecule has 96 valence electrons. The van der Waals surface area contributed by atoms with E-state index in [-0.39, 0.29) is 0 Å². The first kappa shape index (κ1) is 16.1. The molecule has 0 aliphatic carbocycles. The molecular formula is C12H28O2Si2. The summed E-state index contributed by atoms with van der Waals surface area (Å²) in [6, 6.07) is 1.92. The Morgan fingerprint density at radius 1 is 1.12 bits per heavy atom. The standard InChI is InChI=1S/C12H28O2Si2/c1-11(9-15(3,4)5)12(2,14-13)10-16(6,7)8/h13H,1,9-10H2,2-8H3. The lowest BCUT2D eigenvalue weighted by Gasteiger charge is -2.35. The van der Waals surface area contributed by atoms with Crippen molar-refractivity contribution < 1.29 is 10.1 Å². The second-order valence-corrected chi connectivity index (χ2v) is 18.4. The van der Waals surface area contributed by atoms with E-state index in [1.807, 2.05) is 6.92 Å². The van der Waals surface area contributed by atoms with Gasteiger partial charge in [0.2, 0.25) is 0 Å². The molecule has 0 saturated heterocycles. The highest BCUT2D eigenvalue weighted by Gasteiger charge is 2.36. The Hall–Kier alpha value is 0.0938. The average molecular weight is 261 g/mol. The van der Waals surface area contributed by atoms with Crippen molar-refractivity contribution in [2.24, 2.45) is 0 Å². The van der Waals surface area contributed by atoms with Crippen LogP contribution in [0.3, 0.4) is 0 Å². The molecule has 0 rings (SSSR count). The second-order valence-electron chi connectivity index (χ2n) is 7.40. The third-order valence-electron chi connectivity index (χ3n) is 2.56. The first-order chi connectivity index (χ1) is 6.90. The van der Waals surface area contributed by atoms with Gasteiger partial charge in [-0.3, -0.25) is 5.26 Å². The zero-order valence-corrected chi connectivity index (χ0v) is 14.0. The van der Waals surface area contributed by atoms with Crippen LogP contribution in [0.1, 0.15) is 6.92 Å². The SMILES string of the molecule is C=C(C[Si](C)(C)C)C(C)(C[Si](C)(C)C)OO. The van der Waals surface area contributed by atoms with Gasteiger partial charge in [-0.25, -0.2) is 4.89 Å². The van der Waals surface area contributed by atoms with E-state index in [0.717, 1.165) is 17.7 Å². The number of hydrogen-bond donors (Lipinski definition) is 1. The highest BCUT2D eigenvalue weighted by atomic mass is 28.3. The summed E-state index contributed by atoms with van der Waals surface area (Å²) in [4.78, 5) is 4.78. The van der Waals surface area contributed by atoms with E-state index in [2.05, 4.69) is 45.9 Å². The van der Waals surface area contributed by atoms with Crippen LogP contribution in [0.15, 0.2) is 12.2 Å². The predicted octanol–water partition coefficient (Wildman–Crippen LogP) is 4.47. The summed E-state index contributed by atoms with van der Waals surface area (Å²) in [6.07, 6.45) is 0. The van der Waals surface area contributed by atoms with Crippen LogP contribution in [0, 0.1) is 0 Å². The topological polar surface area (TPSA) is 29.5 Å². The van der Waals surface area contributed by atoms with Crippen LogP contribution in [0.25, 0.3) is 0 Å². The molecule has 0 radical (unpaired) electrons. The van der Waals surface area contributed by atoms with Crippen LogP contribution >= 0.6 is 0 Å². The summed E-state index contributed by atoms with van der Waals surface area (Å²) < 4.78 is 0. The third kappa shape index (κ3) is 5.98. The summed E-state index contributed by atoms with van der Waals surface area (Å²) in [6.45, 7) is 19.9. The summed E-state index contributed by atoms with van der Waals surface area (Å²) >= 11 is 0.